The Labute approximate surface area is 176 Å². The zero-order chi connectivity index (χ0) is 20.1. The molecule has 0 aromatic heterocycles. The number of anilines is 1. The fourth-order valence-corrected chi connectivity index (χ4v) is 3.98. The summed E-state index contributed by atoms with van der Waals surface area (Å²) in [4.78, 5) is 17.3. The number of fused-ring (bicyclic) bond motifs is 1. The first-order valence-corrected chi connectivity index (χ1v) is 10.5. The molecule has 0 unspecified atom stereocenters. The Morgan fingerprint density at radius 3 is 2.59 bits per heavy atom. The van der Waals surface area contributed by atoms with Crippen molar-refractivity contribution >= 4 is 23.2 Å². The van der Waals surface area contributed by atoms with Gasteiger partial charge in [0.05, 0.1) is 5.02 Å². The highest BCUT2D eigenvalue weighted by molar-refractivity contribution is 6.32. The van der Waals surface area contributed by atoms with Gasteiger partial charge in [-0.3, -0.25) is 9.69 Å². The average molecular weight is 416 g/mol. The molecule has 2 heterocycles. The number of hydrogen-bond acceptors (Lipinski definition) is 5. The van der Waals surface area contributed by atoms with Gasteiger partial charge in [0.2, 0.25) is 0 Å². The fraction of sp³-hybridized carbons (Fsp3) is 0.409. The van der Waals surface area contributed by atoms with Gasteiger partial charge in [-0.15, -0.1) is 0 Å². The van der Waals surface area contributed by atoms with E-state index >= 15 is 0 Å². The van der Waals surface area contributed by atoms with E-state index in [-0.39, 0.29) is 5.91 Å². The molecule has 0 saturated carbocycles. The molecule has 2 aliphatic rings. The maximum atomic E-state index is 12.4. The van der Waals surface area contributed by atoms with E-state index in [4.69, 9.17) is 21.1 Å². The van der Waals surface area contributed by atoms with Gasteiger partial charge in [-0.1, -0.05) is 29.8 Å². The predicted octanol–water partition coefficient (Wildman–Crippen LogP) is 3.05. The van der Waals surface area contributed by atoms with Crippen molar-refractivity contribution in [2.75, 3.05) is 57.4 Å². The number of rotatable bonds is 6. The zero-order valence-corrected chi connectivity index (χ0v) is 17.2. The SMILES string of the molecule is O=C(NCCCN1CCN(c2ccccc2)CC1)c1cc(Cl)c2c(c1)OCCO2. The molecule has 1 amide bonds. The van der Waals surface area contributed by atoms with Gasteiger partial charge in [-0.2, -0.15) is 0 Å². The first-order chi connectivity index (χ1) is 14.2. The number of piperazine rings is 1. The third kappa shape index (κ3) is 4.95. The molecule has 29 heavy (non-hydrogen) atoms. The van der Waals surface area contributed by atoms with Gasteiger partial charge in [-0.25, -0.2) is 0 Å². The molecule has 2 aromatic rings. The molecule has 1 saturated heterocycles. The summed E-state index contributed by atoms with van der Waals surface area (Å²) in [5, 5.41) is 3.38. The van der Waals surface area contributed by atoms with Crippen molar-refractivity contribution in [1.29, 1.82) is 0 Å². The molecule has 1 N–H and O–H groups in total. The molecule has 2 aromatic carbocycles. The van der Waals surface area contributed by atoms with Crippen LogP contribution in [-0.2, 0) is 0 Å². The van der Waals surface area contributed by atoms with Crippen molar-refractivity contribution < 1.29 is 14.3 Å². The number of carbonyl (C=O) groups excluding carboxylic acids is 1. The van der Waals surface area contributed by atoms with Crippen molar-refractivity contribution in [1.82, 2.24) is 10.2 Å². The molecule has 4 rings (SSSR count). The maximum absolute atomic E-state index is 12.4. The highest BCUT2D eigenvalue weighted by Crippen LogP contribution is 2.38. The smallest absolute Gasteiger partial charge is 0.251 e. The van der Waals surface area contributed by atoms with Crippen molar-refractivity contribution in [3.63, 3.8) is 0 Å². The Morgan fingerprint density at radius 2 is 1.79 bits per heavy atom. The second kappa shape index (κ2) is 9.37. The quantitative estimate of drug-likeness (QED) is 0.735. The first kappa shape index (κ1) is 19.9. The van der Waals surface area contributed by atoms with Crippen molar-refractivity contribution in [2.24, 2.45) is 0 Å². The molecule has 7 heteroatoms. The number of halogens is 1. The van der Waals surface area contributed by atoms with Crippen LogP contribution in [0.5, 0.6) is 11.5 Å². The lowest BCUT2D eigenvalue weighted by atomic mass is 10.1. The van der Waals surface area contributed by atoms with Gasteiger partial charge >= 0.3 is 0 Å². The number of nitrogens with one attached hydrogen (secondary N) is 1. The highest BCUT2D eigenvalue weighted by atomic mass is 35.5. The van der Waals surface area contributed by atoms with Crippen LogP contribution in [0, 0.1) is 0 Å². The Hall–Kier alpha value is -2.44. The standard InChI is InChI=1S/C22H26ClN3O3/c23-19-15-17(16-20-21(19)29-14-13-28-20)22(27)24-7-4-8-25-9-11-26(12-10-25)18-5-2-1-3-6-18/h1-3,5-6,15-16H,4,7-14H2,(H,24,27). The van der Waals surface area contributed by atoms with Crippen LogP contribution in [0.25, 0.3) is 0 Å². The van der Waals surface area contributed by atoms with E-state index in [9.17, 15) is 4.79 Å². The third-order valence-electron chi connectivity index (χ3n) is 5.29. The number of benzene rings is 2. The lowest BCUT2D eigenvalue weighted by Gasteiger charge is -2.36. The van der Waals surface area contributed by atoms with Gasteiger partial charge in [0, 0.05) is 44.0 Å². The lowest BCUT2D eigenvalue weighted by Crippen LogP contribution is -2.47. The van der Waals surface area contributed by atoms with Crippen LogP contribution in [-0.4, -0.2) is 63.3 Å². The summed E-state index contributed by atoms with van der Waals surface area (Å²) >= 11 is 6.21. The summed E-state index contributed by atoms with van der Waals surface area (Å²) in [6, 6.07) is 13.9. The predicted molar refractivity (Wildman–Crippen MR) is 114 cm³/mol. The first-order valence-electron chi connectivity index (χ1n) is 10.1. The third-order valence-corrected chi connectivity index (χ3v) is 5.57. The summed E-state index contributed by atoms with van der Waals surface area (Å²) < 4.78 is 11.0. The summed E-state index contributed by atoms with van der Waals surface area (Å²) in [6.45, 7) is 6.69. The van der Waals surface area contributed by atoms with Gasteiger partial charge in [-0.05, 0) is 37.2 Å². The number of ether oxygens (including phenoxy) is 2. The van der Waals surface area contributed by atoms with Crippen LogP contribution in [0.3, 0.4) is 0 Å². The molecule has 0 spiro atoms. The number of para-hydroxylation sites is 1. The average Bonchev–Trinajstić information content (AvgIpc) is 2.77. The monoisotopic (exact) mass is 415 g/mol. The van der Waals surface area contributed by atoms with Crippen LogP contribution in [0.2, 0.25) is 5.02 Å². The van der Waals surface area contributed by atoms with E-state index in [1.165, 1.54) is 5.69 Å². The Balaban J connectivity index is 1.19. The van der Waals surface area contributed by atoms with Crippen LogP contribution in [0.15, 0.2) is 42.5 Å². The topological polar surface area (TPSA) is 54.0 Å². The Kier molecular flexibility index (Phi) is 6.42. The molecule has 154 valence electrons. The van der Waals surface area contributed by atoms with Gasteiger partial charge < -0.3 is 19.7 Å². The van der Waals surface area contributed by atoms with Gasteiger partial charge in [0.1, 0.15) is 13.2 Å². The molecule has 6 nitrogen and oxygen atoms in total. The van der Waals surface area contributed by atoms with Crippen molar-refractivity contribution in [3.8, 4) is 11.5 Å². The molecule has 0 atom stereocenters. The minimum Gasteiger partial charge on any atom is -0.486 e. The van der Waals surface area contributed by atoms with Crippen LogP contribution >= 0.6 is 11.6 Å². The lowest BCUT2D eigenvalue weighted by molar-refractivity contribution is 0.0950. The number of amides is 1. The Bertz CT molecular complexity index is 839. The fourth-order valence-electron chi connectivity index (χ4n) is 3.72. The van der Waals surface area contributed by atoms with E-state index in [0.29, 0.717) is 41.8 Å². The zero-order valence-electron chi connectivity index (χ0n) is 16.4. The minimum atomic E-state index is -0.141. The molecule has 0 bridgehead atoms. The van der Waals surface area contributed by atoms with Crippen LogP contribution in [0.1, 0.15) is 16.8 Å². The summed E-state index contributed by atoms with van der Waals surface area (Å²) in [7, 11) is 0. The number of hydrogen-bond donors (Lipinski definition) is 1. The molecular weight excluding hydrogens is 390 g/mol. The van der Waals surface area contributed by atoms with Crippen LogP contribution in [0.4, 0.5) is 5.69 Å². The molecular formula is C22H26ClN3O3. The second-order valence-electron chi connectivity index (χ2n) is 7.26. The number of carbonyl (C=O) groups is 1. The minimum absolute atomic E-state index is 0.141. The van der Waals surface area contributed by atoms with Gasteiger partial charge in [0.15, 0.2) is 11.5 Å². The Morgan fingerprint density at radius 1 is 1.03 bits per heavy atom. The van der Waals surface area contributed by atoms with E-state index in [1.807, 2.05) is 6.07 Å². The second-order valence-corrected chi connectivity index (χ2v) is 7.66. The summed E-state index contributed by atoms with van der Waals surface area (Å²) in [6.07, 6.45) is 0.912. The van der Waals surface area contributed by atoms with E-state index < -0.39 is 0 Å². The van der Waals surface area contributed by atoms with Gasteiger partial charge in [0.25, 0.3) is 5.91 Å². The maximum Gasteiger partial charge on any atom is 0.251 e. The summed E-state index contributed by atoms with van der Waals surface area (Å²) in [5.41, 5.74) is 1.79. The molecule has 2 aliphatic heterocycles. The number of nitrogens with zero attached hydrogens (tertiary/aromatic N) is 2. The largest absolute Gasteiger partial charge is 0.486 e. The van der Waals surface area contributed by atoms with E-state index in [0.717, 1.165) is 39.1 Å². The molecule has 0 aliphatic carbocycles. The highest BCUT2D eigenvalue weighted by Gasteiger charge is 2.20. The normalized spacial score (nSPS) is 16.5. The summed E-state index contributed by atoms with van der Waals surface area (Å²) in [5.74, 6) is 0.909. The molecule has 1 fully saturated rings. The van der Waals surface area contributed by atoms with E-state index in [1.54, 1.807) is 12.1 Å². The molecule has 0 radical (unpaired) electrons. The van der Waals surface area contributed by atoms with Crippen molar-refractivity contribution in [3.05, 3.63) is 53.1 Å². The van der Waals surface area contributed by atoms with E-state index in [2.05, 4.69) is 39.4 Å². The van der Waals surface area contributed by atoms with Crippen LogP contribution < -0.4 is 19.7 Å². The van der Waals surface area contributed by atoms with Crippen molar-refractivity contribution in [2.45, 2.75) is 6.42 Å².